The summed E-state index contributed by atoms with van der Waals surface area (Å²) < 4.78 is 46.3. The Bertz CT molecular complexity index is 491. The molecule has 0 bridgehead atoms. The normalized spacial score (nSPS) is 21.7. The van der Waals surface area contributed by atoms with Crippen molar-refractivity contribution in [1.82, 2.24) is 10.2 Å². The summed E-state index contributed by atoms with van der Waals surface area (Å²) in [6.45, 7) is 4.36. The summed E-state index contributed by atoms with van der Waals surface area (Å²) in [6, 6.07) is 3.03. The maximum absolute atomic E-state index is 12.1. The number of halogens is 3. The standard InChI is InChI=1S/C14H20F3N3O2/c1-13(2)8-20(7-6-10(13)21-3)11-4-5-12(19-18-11)22-9-14(15,16)17/h4-5,10H,6-9H2,1-3H3. The van der Waals surface area contributed by atoms with Crippen molar-refractivity contribution in [2.24, 2.45) is 5.41 Å². The number of rotatable bonds is 4. The molecule has 0 amide bonds. The largest absolute Gasteiger partial charge is 0.467 e. The van der Waals surface area contributed by atoms with Crippen LogP contribution in [0.4, 0.5) is 19.0 Å². The molecule has 0 aromatic carbocycles. The highest BCUT2D eigenvalue weighted by Gasteiger charge is 2.36. The Kier molecular flexibility index (Phi) is 4.79. The summed E-state index contributed by atoms with van der Waals surface area (Å²) in [5.41, 5.74) is -0.0415. The molecule has 5 nitrogen and oxygen atoms in total. The highest BCUT2D eigenvalue weighted by molar-refractivity contribution is 5.39. The number of ether oxygens (including phenoxy) is 2. The van der Waals surface area contributed by atoms with E-state index in [-0.39, 0.29) is 17.4 Å². The molecule has 0 radical (unpaired) electrons. The molecule has 0 aliphatic carbocycles. The monoisotopic (exact) mass is 319 g/mol. The summed E-state index contributed by atoms with van der Waals surface area (Å²) >= 11 is 0. The molecule has 1 fully saturated rings. The maximum atomic E-state index is 12.1. The summed E-state index contributed by atoms with van der Waals surface area (Å²) in [5, 5.41) is 7.66. The van der Waals surface area contributed by atoms with E-state index >= 15 is 0 Å². The Morgan fingerprint density at radius 1 is 1.32 bits per heavy atom. The van der Waals surface area contributed by atoms with Crippen LogP contribution >= 0.6 is 0 Å². The second-order valence-corrected chi connectivity index (χ2v) is 6.06. The number of nitrogens with zero attached hydrogens (tertiary/aromatic N) is 3. The Balaban J connectivity index is 1.99. The maximum Gasteiger partial charge on any atom is 0.422 e. The van der Waals surface area contributed by atoms with Crippen molar-refractivity contribution in [2.45, 2.75) is 32.5 Å². The summed E-state index contributed by atoms with van der Waals surface area (Å²) in [5.74, 6) is 0.495. The van der Waals surface area contributed by atoms with Crippen LogP contribution in [0.1, 0.15) is 20.3 Å². The molecule has 1 unspecified atom stereocenters. The fourth-order valence-electron chi connectivity index (χ4n) is 2.68. The zero-order valence-electron chi connectivity index (χ0n) is 12.9. The van der Waals surface area contributed by atoms with Gasteiger partial charge in [0.25, 0.3) is 0 Å². The number of hydrogen-bond acceptors (Lipinski definition) is 5. The SMILES string of the molecule is COC1CCN(c2ccc(OCC(F)(F)F)nn2)CC1(C)C. The Morgan fingerprint density at radius 2 is 2.05 bits per heavy atom. The fraction of sp³-hybridized carbons (Fsp3) is 0.714. The molecule has 1 atom stereocenters. The van der Waals surface area contributed by atoms with E-state index in [0.29, 0.717) is 5.82 Å². The van der Waals surface area contributed by atoms with Crippen LogP contribution in [0.15, 0.2) is 12.1 Å². The van der Waals surface area contributed by atoms with Gasteiger partial charge in [-0.3, -0.25) is 0 Å². The molecule has 8 heteroatoms. The number of alkyl halides is 3. The number of methoxy groups -OCH3 is 1. The second kappa shape index (κ2) is 6.28. The molecular formula is C14H20F3N3O2. The minimum Gasteiger partial charge on any atom is -0.467 e. The van der Waals surface area contributed by atoms with E-state index in [1.54, 1.807) is 13.2 Å². The smallest absolute Gasteiger partial charge is 0.422 e. The zero-order chi connectivity index (χ0) is 16.4. The van der Waals surface area contributed by atoms with Crippen molar-refractivity contribution in [1.29, 1.82) is 0 Å². The average Bonchev–Trinajstić information content (AvgIpc) is 2.44. The van der Waals surface area contributed by atoms with Crippen LogP contribution in [0.2, 0.25) is 0 Å². The lowest BCUT2D eigenvalue weighted by Crippen LogP contribution is -2.49. The van der Waals surface area contributed by atoms with Crippen molar-refractivity contribution in [3.63, 3.8) is 0 Å². The van der Waals surface area contributed by atoms with Gasteiger partial charge in [0.15, 0.2) is 12.4 Å². The van der Waals surface area contributed by atoms with Crippen molar-refractivity contribution in [3.05, 3.63) is 12.1 Å². The van der Waals surface area contributed by atoms with Gasteiger partial charge < -0.3 is 14.4 Å². The molecule has 124 valence electrons. The van der Waals surface area contributed by atoms with Crippen molar-refractivity contribution < 1.29 is 22.6 Å². The highest BCUT2D eigenvalue weighted by atomic mass is 19.4. The molecule has 0 saturated carbocycles. The number of hydrogen-bond donors (Lipinski definition) is 0. The van der Waals surface area contributed by atoms with E-state index in [2.05, 4.69) is 33.7 Å². The van der Waals surface area contributed by atoms with Gasteiger partial charge in [0.1, 0.15) is 0 Å². The first-order valence-electron chi connectivity index (χ1n) is 7.02. The highest BCUT2D eigenvalue weighted by Crippen LogP contribution is 2.33. The summed E-state index contributed by atoms with van der Waals surface area (Å²) in [4.78, 5) is 2.05. The van der Waals surface area contributed by atoms with E-state index < -0.39 is 12.8 Å². The van der Waals surface area contributed by atoms with Gasteiger partial charge in [0.2, 0.25) is 5.88 Å². The third-order valence-corrected chi connectivity index (χ3v) is 3.75. The first-order valence-corrected chi connectivity index (χ1v) is 7.02. The van der Waals surface area contributed by atoms with Gasteiger partial charge in [0.05, 0.1) is 6.10 Å². The van der Waals surface area contributed by atoms with Crippen LogP contribution in [-0.4, -0.2) is 49.3 Å². The first-order chi connectivity index (χ1) is 10.2. The number of aromatic nitrogens is 2. The van der Waals surface area contributed by atoms with Crippen molar-refractivity contribution in [3.8, 4) is 5.88 Å². The van der Waals surface area contributed by atoms with Crippen LogP contribution < -0.4 is 9.64 Å². The van der Waals surface area contributed by atoms with E-state index in [9.17, 15) is 13.2 Å². The predicted octanol–water partition coefficient (Wildman–Crippen LogP) is 2.67. The molecule has 1 aliphatic rings. The van der Waals surface area contributed by atoms with E-state index in [1.807, 2.05) is 0 Å². The zero-order valence-corrected chi connectivity index (χ0v) is 12.9. The molecule has 1 aliphatic heterocycles. The predicted molar refractivity (Wildman–Crippen MR) is 75.0 cm³/mol. The molecule has 2 rings (SSSR count). The Labute approximate surface area is 127 Å². The molecule has 2 heterocycles. The van der Waals surface area contributed by atoms with Crippen molar-refractivity contribution in [2.75, 3.05) is 31.7 Å². The van der Waals surface area contributed by atoms with Gasteiger partial charge in [-0.15, -0.1) is 10.2 Å². The van der Waals surface area contributed by atoms with Crippen LogP contribution in [-0.2, 0) is 4.74 Å². The van der Waals surface area contributed by atoms with Gasteiger partial charge in [-0.25, -0.2) is 0 Å². The molecule has 1 aromatic heterocycles. The summed E-state index contributed by atoms with van der Waals surface area (Å²) in [6.07, 6.45) is -3.35. The Hall–Kier alpha value is -1.57. The first kappa shape index (κ1) is 16.8. The number of anilines is 1. The van der Waals surface area contributed by atoms with Crippen LogP contribution in [0, 0.1) is 5.41 Å². The van der Waals surface area contributed by atoms with Crippen molar-refractivity contribution >= 4 is 5.82 Å². The summed E-state index contributed by atoms with van der Waals surface area (Å²) in [7, 11) is 1.70. The lowest BCUT2D eigenvalue weighted by molar-refractivity contribution is -0.154. The topological polar surface area (TPSA) is 47.5 Å². The third-order valence-electron chi connectivity index (χ3n) is 3.75. The van der Waals surface area contributed by atoms with E-state index in [4.69, 9.17) is 4.74 Å². The van der Waals surface area contributed by atoms with E-state index in [0.717, 1.165) is 19.5 Å². The van der Waals surface area contributed by atoms with Gasteiger partial charge in [0, 0.05) is 31.7 Å². The molecule has 1 aromatic rings. The van der Waals surface area contributed by atoms with E-state index in [1.165, 1.54) is 6.07 Å². The van der Waals surface area contributed by atoms with Crippen LogP contribution in [0.5, 0.6) is 5.88 Å². The Morgan fingerprint density at radius 3 is 2.55 bits per heavy atom. The second-order valence-electron chi connectivity index (χ2n) is 6.06. The minimum atomic E-state index is -4.38. The molecular weight excluding hydrogens is 299 g/mol. The quantitative estimate of drug-likeness (QED) is 0.854. The van der Waals surface area contributed by atoms with Gasteiger partial charge in [-0.2, -0.15) is 13.2 Å². The lowest BCUT2D eigenvalue weighted by Gasteiger charge is -2.43. The van der Waals surface area contributed by atoms with Gasteiger partial charge in [-0.1, -0.05) is 13.8 Å². The average molecular weight is 319 g/mol. The molecule has 0 N–H and O–H groups in total. The molecule has 1 saturated heterocycles. The molecule has 22 heavy (non-hydrogen) atoms. The lowest BCUT2D eigenvalue weighted by atomic mass is 9.81. The fourth-order valence-corrected chi connectivity index (χ4v) is 2.68. The third kappa shape index (κ3) is 4.22. The van der Waals surface area contributed by atoms with Gasteiger partial charge in [-0.05, 0) is 12.5 Å². The minimum absolute atomic E-state index is 0.0415. The van der Waals surface area contributed by atoms with Gasteiger partial charge >= 0.3 is 6.18 Å². The van der Waals surface area contributed by atoms with Crippen LogP contribution in [0.3, 0.4) is 0 Å². The molecule has 0 spiro atoms. The number of piperidine rings is 1. The van der Waals surface area contributed by atoms with Crippen LogP contribution in [0.25, 0.3) is 0 Å².